The van der Waals surface area contributed by atoms with Crippen LogP contribution in [0.5, 0.6) is 17.2 Å². The van der Waals surface area contributed by atoms with Gasteiger partial charge in [-0.1, -0.05) is 6.07 Å². The van der Waals surface area contributed by atoms with Crippen LogP contribution >= 0.6 is 0 Å². The van der Waals surface area contributed by atoms with Gasteiger partial charge < -0.3 is 25.0 Å². The summed E-state index contributed by atoms with van der Waals surface area (Å²) < 4.78 is 51.2. The molecule has 0 aliphatic rings. The Bertz CT molecular complexity index is 1230. The van der Waals surface area contributed by atoms with Crippen molar-refractivity contribution >= 4 is 17.5 Å². The van der Waals surface area contributed by atoms with Crippen molar-refractivity contribution in [2.24, 2.45) is 0 Å². The van der Waals surface area contributed by atoms with E-state index in [2.05, 4.69) is 15.6 Å². The van der Waals surface area contributed by atoms with E-state index in [1.54, 1.807) is 18.2 Å². The molecule has 0 aliphatic heterocycles. The molecule has 8 nitrogen and oxygen atoms in total. The molecular formula is C25H25F3N4O4. The van der Waals surface area contributed by atoms with Gasteiger partial charge in [-0.3, -0.25) is 14.6 Å². The van der Waals surface area contributed by atoms with E-state index in [4.69, 9.17) is 9.47 Å². The van der Waals surface area contributed by atoms with Gasteiger partial charge in [0.1, 0.15) is 29.5 Å². The standard InChI is InChI=1S/C25H25F3N4O4/c1-29-24(34)21-15-19(9-10-30-21)36-18-6-4-5-16(13-18)23(33)31-20-14-17(25(26,27)28)7-8-22(20)35-12-11-32(2)3/h4-10,13-15H,11-12H2,1-3H3,(H,29,34)(H,31,33). The fraction of sp³-hybridized carbons (Fsp3) is 0.240. The second kappa shape index (κ2) is 11.5. The Labute approximate surface area is 206 Å². The van der Waals surface area contributed by atoms with Crippen molar-refractivity contribution in [2.75, 3.05) is 39.6 Å². The molecule has 1 aromatic heterocycles. The van der Waals surface area contributed by atoms with Crippen molar-refractivity contribution in [2.45, 2.75) is 6.18 Å². The summed E-state index contributed by atoms with van der Waals surface area (Å²) in [7, 11) is 5.14. The third-order valence-corrected chi connectivity index (χ3v) is 4.87. The SMILES string of the molecule is CNC(=O)c1cc(Oc2cccc(C(=O)Nc3cc(C(F)(F)F)ccc3OCCN(C)C)c2)ccn1. The number of nitrogens with zero attached hydrogens (tertiary/aromatic N) is 2. The Hall–Kier alpha value is -4.12. The van der Waals surface area contributed by atoms with E-state index in [1.807, 2.05) is 19.0 Å². The summed E-state index contributed by atoms with van der Waals surface area (Å²) in [5, 5.41) is 4.97. The number of rotatable bonds is 9. The molecule has 11 heteroatoms. The smallest absolute Gasteiger partial charge is 0.416 e. The maximum atomic E-state index is 13.3. The zero-order chi connectivity index (χ0) is 26.3. The zero-order valence-corrected chi connectivity index (χ0v) is 19.8. The lowest BCUT2D eigenvalue weighted by Gasteiger charge is -2.17. The van der Waals surface area contributed by atoms with Gasteiger partial charge in [0.2, 0.25) is 0 Å². The summed E-state index contributed by atoms with van der Waals surface area (Å²) in [6.45, 7) is 0.749. The fourth-order valence-electron chi connectivity index (χ4n) is 3.03. The van der Waals surface area contributed by atoms with Crippen LogP contribution in [0, 0.1) is 0 Å². The van der Waals surface area contributed by atoms with Crippen LogP contribution in [0.3, 0.4) is 0 Å². The minimum atomic E-state index is -4.59. The molecule has 2 aromatic carbocycles. The van der Waals surface area contributed by atoms with Crippen molar-refractivity contribution in [3.8, 4) is 17.2 Å². The maximum Gasteiger partial charge on any atom is 0.416 e. The van der Waals surface area contributed by atoms with Gasteiger partial charge in [0.15, 0.2) is 0 Å². The molecule has 2 N–H and O–H groups in total. The molecular weight excluding hydrogens is 477 g/mol. The molecule has 0 fully saturated rings. The van der Waals surface area contributed by atoms with E-state index in [0.29, 0.717) is 12.3 Å². The van der Waals surface area contributed by atoms with E-state index in [9.17, 15) is 22.8 Å². The molecule has 0 spiro atoms. The molecule has 36 heavy (non-hydrogen) atoms. The number of amides is 2. The Morgan fingerprint density at radius 1 is 1.00 bits per heavy atom. The lowest BCUT2D eigenvalue weighted by Crippen LogP contribution is -2.20. The number of nitrogens with one attached hydrogen (secondary N) is 2. The highest BCUT2D eigenvalue weighted by atomic mass is 19.4. The van der Waals surface area contributed by atoms with Crippen molar-refractivity contribution in [3.05, 3.63) is 77.6 Å². The number of benzene rings is 2. The summed E-state index contributed by atoms with van der Waals surface area (Å²) in [5.74, 6) is -0.334. The van der Waals surface area contributed by atoms with Gasteiger partial charge >= 0.3 is 6.18 Å². The lowest BCUT2D eigenvalue weighted by molar-refractivity contribution is -0.137. The Kier molecular flexibility index (Phi) is 8.49. The number of ether oxygens (including phenoxy) is 2. The van der Waals surface area contributed by atoms with Crippen molar-refractivity contribution < 1.29 is 32.2 Å². The van der Waals surface area contributed by atoms with Crippen LogP contribution < -0.4 is 20.1 Å². The Morgan fingerprint density at radius 2 is 1.75 bits per heavy atom. The average Bonchev–Trinajstić information content (AvgIpc) is 2.84. The molecule has 0 radical (unpaired) electrons. The van der Waals surface area contributed by atoms with Crippen LogP contribution in [-0.4, -0.2) is 56.0 Å². The fourth-order valence-corrected chi connectivity index (χ4v) is 3.03. The largest absolute Gasteiger partial charge is 0.490 e. The number of likely N-dealkylation sites (N-methyl/N-ethyl adjacent to an activating group) is 1. The van der Waals surface area contributed by atoms with Crippen LogP contribution in [0.25, 0.3) is 0 Å². The van der Waals surface area contributed by atoms with Gasteiger partial charge in [-0.05, 0) is 56.6 Å². The molecule has 0 aliphatic carbocycles. The van der Waals surface area contributed by atoms with Crippen LogP contribution in [0.1, 0.15) is 26.4 Å². The number of anilines is 1. The van der Waals surface area contributed by atoms with Crippen LogP contribution in [0.4, 0.5) is 18.9 Å². The first-order valence-corrected chi connectivity index (χ1v) is 10.8. The molecule has 0 atom stereocenters. The summed E-state index contributed by atoms with van der Waals surface area (Å²) in [6, 6.07) is 12.0. The van der Waals surface area contributed by atoms with Crippen molar-refractivity contribution in [1.29, 1.82) is 0 Å². The molecule has 0 unspecified atom stereocenters. The first kappa shape index (κ1) is 26.5. The predicted molar refractivity (Wildman–Crippen MR) is 128 cm³/mol. The normalized spacial score (nSPS) is 11.2. The highest BCUT2D eigenvalue weighted by Gasteiger charge is 2.31. The highest BCUT2D eigenvalue weighted by molar-refractivity contribution is 6.05. The first-order valence-electron chi connectivity index (χ1n) is 10.8. The quantitative estimate of drug-likeness (QED) is 0.449. The van der Waals surface area contributed by atoms with Gasteiger partial charge in [0.25, 0.3) is 11.8 Å². The third kappa shape index (κ3) is 7.19. The molecule has 0 saturated heterocycles. The van der Waals surface area contributed by atoms with Crippen molar-refractivity contribution in [3.63, 3.8) is 0 Å². The summed E-state index contributed by atoms with van der Waals surface area (Å²) in [6.07, 6.45) is -3.19. The van der Waals surface area contributed by atoms with Crippen LogP contribution in [0.2, 0.25) is 0 Å². The number of halogens is 3. The minimum Gasteiger partial charge on any atom is -0.490 e. The van der Waals surface area contributed by atoms with Crippen LogP contribution in [0.15, 0.2) is 60.8 Å². The van der Waals surface area contributed by atoms with Crippen molar-refractivity contribution in [1.82, 2.24) is 15.2 Å². The number of hydrogen-bond acceptors (Lipinski definition) is 6. The average molecular weight is 502 g/mol. The molecule has 3 aromatic rings. The highest BCUT2D eigenvalue weighted by Crippen LogP contribution is 2.35. The number of carbonyl (C=O) groups excluding carboxylic acids is 2. The monoisotopic (exact) mass is 502 g/mol. The molecule has 0 saturated carbocycles. The predicted octanol–water partition coefficient (Wildman–Crippen LogP) is 4.45. The molecule has 1 heterocycles. The lowest BCUT2D eigenvalue weighted by atomic mass is 10.1. The number of hydrogen-bond donors (Lipinski definition) is 2. The zero-order valence-electron chi connectivity index (χ0n) is 19.8. The first-order chi connectivity index (χ1) is 17.1. The van der Waals surface area contributed by atoms with Gasteiger partial charge in [-0.2, -0.15) is 13.2 Å². The van der Waals surface area contributed by atoms with Gasteiger partial charge in [0.05, 0.1) is 11.3 Å². The van der Waals surface area contributed by atoms with Crippen LogP contribution in [-0.2, 0) is 6.18 Å². The van der Waals surface area contributed by atoms with Gasteiger partial charge in [-0.25, -0.2) is 0 Å². The molecule has 3 rings (SSSR count). The van der Waals surface area contributed by atoms with E-state index in [1.165, 1.54) is 37.5 Å². The van der Waals surface area contributed by atoms with E-state index >= 15 is 0 Å². The summed E-state index contributed by atoms with van der Waals surface area (Å²) >= 11 is 0. The molecule has 0 bridgehead atoms. The van der Waals surface area contributed by atoms with Gasteiger partial charge in [-0.15, -0.1) is 0 Å². The van der Waals surface area contributed by atoms with Gasteiger partial charge in [0, 0.05) is 31.4 Å². The maximum absolute atomic E-state index is 13.3. The molecule has 2 amide bonds. The van der Waals surface area contributed by atoms with E-state index in [0.717, 1.165) is 12.1 Å². The number of aromatic nitrogens is 1. The second-order valence-electron chi connectivity index (χ2n) is 7.90. The molecule has 190 valence electrons. The Morgan fingerprint density at radius 3 is 2.44 bits per heavy atom. The Balaban J connectivity index is 1.81. The number of carbonyl (C=O) groups is 2. The summed E-state index contributed by atoms with van der Waals surface area (Å²) in [5.41, 5.74) is -0.733. The minimum absolute atomic E-state index is 0.107. The van der Waals surface area contributed by atoms with E-state index in [-0.39, 0.29) is 35.1 Å². The van der Waals surface area contributed by atoms with E-state index < -0.39 is 23.6 Å². The topological polar surface area (TPSA) is 92.8 Å². The second-order valence-corrected chi connectivity index (χ2v) is 7.90. The third-order valence-electron chi connectivity index (χ3n) is 4.87. The number of alkyl halides is 3. The summed E-state index contributed by atoms with van der Waals surface area (Å²) in [4.78, 5) is 30.5. The number of pyridine rings is 1.